The van der Waals surface area contributed by atoms with Crippen molar-refractivity contribution in [2.45, 2.75) is 33.0 Å². The standard InChI is InChI=1S/C11H17N5/c1-9(2)16-8-10(6-15-16)5-12-7-11-13-3-4-14-11/h3-4,6,8-9,12H,5,7H2,1-2H3,(H,13,14). The monoisotopic (exact) mass is 219 g/mol. The Morgan fingerprint density at radius 2 is 2.31 bits per heavy atom. The zero-order valence-corrected chi connectivity index (χ0v) is 9.64. The van der Waals surface area contributed by atoms with E-state index >= 15 is 0 Å². The van der Waals surface area contributed by atoms with Gasteiger partial charge < -0.3 is 10.3 Å². The average Bonchev–Trinajstić information content (AvgIpc) is 2.87. The van der Waals surface area contributed by atoms with Crippen LogP contribution in [-0.2, 0) is 13.1 Å². The second kappa shape index (κ2) is 4.94. The van der Waals surface area contributed by atoms with Gasteiger partial charge in [-0.2, -0.15) is 5.10 Å². The van der Waals surface area contributed by atoms with E-state index < -0.39 is 0 Å². The fraction of sp³-hybridized carbons (Fsp3) is 0.455. The molecule has 2 heterocycles. The molecule has 2 N–H and O–H groups in total. The number of nitrogens with one attached hydrogen (secondary N) is 2. The minimum atomic E-state index is 0.416. The fourth-order valence-electron chi connectivity index (χ4n) is 1.47. The first-order valence-electron chi connectivity index (χ1n) is 5.47. The fourth-order valence-corrected chi connectivity index (χ4v) is 1.47. The highest BCUT2D eigenvalue weighted by atomic mass is 15.3. The van der Waals surface area contributed by atoms with Crippen molar-refractivity contribution in [3.05, 3.63) is 36.2 Å². The van der Waals surface area contributed by atoms with Gasteiger partial charge in [-0.25, -0.2) is 4.98 Å². The normalized spacial score (nSPS) is 11.2. The number of aromatic amines is 1. The lowest BCUT2D eigenvalue weighted by molar-refractivity contribution is 0.531. The van der Waals surface area contributed by atoms with Crippen molar-refractivity contribution in [1.82, 2.24) is 25.1 Å². The number of rotatable bonds is 5. The lowest BCUT2D eigenvalue weighted by atomic mass is 10.3. The van der Waals surface area contributed by atoms with Gasteiger partial charge in [-0.1, -0.05) is 0 Å². The summed E-state index contributed by atoms with van der Waals surface area (Å²) in [5, 5.41) is 7.59. The van der Waals surface area contributed by atoms with Gasteiger partial charge >= 0.3 is 0 Å². The van der Waals surface area contributed by atoms with Crippen molar-refractivity contribution in [2.24, 2.45) is 0 Å². The maximum atomic E-state index is 4.28. The van der Waals surface area contributed by atoms with E-state index in [1.165, 1.54) is 5.56 Å². The summed E-state index contributed by atoms with van der Waals surface area (Å²) in [5.41, 5.74) is 1.19. The molecule has 0 saturated carbocycles. The minimum absolute atomic E-state index is 0.416. The number of hydrogen-bond donors (Lipinski definition) is 2. The molecule has 5 nitrogen and oxygen atoms in total. The van der Waals surface area contributed by atoms with E-state index in [0.29, 0.717) is 6.04 Å². The van der Waals surface area contributed by atoms with Crippen LogP contribution >= 0.6 is 0 Å². The Kier molecular flexibility index (Phi) is 3.36. The number of nitrogens with zero attached hydrogens (tertiary/aromatic N) is 3. The molecule has 0 spiro atoms. The van der Waals surface area contributed by atoms with E-state index in [0.717, 1.165) is 18.9 Å². The Hall–Kier alpha value is -1.62. The Bertz CT molecular complexity index is 415. The van der Waals surface area contributed by atoms with Crippen LogP contribution in [0.1, 0.15) is 31.3 Å². The van der Waals surface area contributed by atoms with Gasteiger partial charge in [0.2, 0.25) is 0 Å². The predicted molar refractivity (Wildman–Crippen MR) is 61.7 cm³/mol. The molecule has 16 heavy (non-hydrogen) atoms. The zero-order chi connectivity index (χ0) is 11.4. The second-order valence-electron chi connectivity index (χ2n) is 4.06. The highest BCUT2D eigenvalue weighted by Gasteiger charge is 2.01. The van der Waals surface area contributed by atoms with Crippen molar-refractivity contribution >= 4 is 0 Å². The SMILES string of the molecule is CC(C)n1cc(CNCc2ncc[nH]2)cn1. The molecule has 0 aliphatic heterocycles. The number of hydrogen-bond acceptors (Lipinski definition) is 3. The van der Waals surface area contributed by atoms with Crippen molar-refractivity contribution < 1.29 is 0 Å². The maximum absolute atomic E-state index is 4.28. The van der Waals surface area contributed by atoms with Crippen molar-refractivity contribution in [1.29, 1.82) is 0 Å². The Labute approximate surface area is 94.9 Å². The van der Waals surface area contributed by atoms with E-state index in [1.54, 1.807) is 6.20 Å². The lowest BCUT2D eigenvalue weighted by Gasteiger charge is -2.03. The van der Waals surface area contributed by atoms with Crippen LogP contribution in [-0.4, -0.2) is 19.7 Å². The molecule has 0 bridgehead atoms. The molecule has 2 aromatic heterocycles. The Morgan fingerprint density at radius 1 is 1.44 bits per heavy atom. The molecule has 86 valence electrons. The third-order valence-corrected chi connectivity index (χ3v) is 2.36. The topological polar surface area (TPSA) is 58.5 Å². The summed E-state index contributed by atoms with van der Waals surface area (Å²) in [6.45, 7) is 5.80. The van der Waals surface area contributed by atoms with Gasteiger partial charge in [-0.05, 0) is 13.8 Å². The van der Waals surface area contributed by atoms with Gasteiger partial charge in [0.05, 0.1) is 12.7 Å². The van der Waals surface area contributed by atoms with Gasteiger partial charge in [-0.15, -0.1) is 0 Å². The van der Waals surface area contributed by atoms with Crippen LogP contribution in [0.2, 0.25) is 0 Å². The summed E-state index contributed by atoms with van der Waals surface area (Å²) in [7, 11) is 0. The highest BCUT2D eigenvalue weighted by Crippen LogP contribution is 2.04. The predicted octanol–water partition coefficient (Wildman–Crippen LogP) is 1.48. The van der Waals surface area contributed by atoms with Crippen molar-refractivity contribution in [3.63, 3.8) is 0 Å². The van der Waals surface area contributed by atoms with Gasteiger partial charge in [0.15, 0.2) is 0 Å². The first-order valence-corrected chi connectivity index (χ1v) is 5.47. The summed E-state index contributed by atoms with van der Waals surface area (Å²) < 4.78 is 1.96. The molecular formula is C11H17N5. The molecule has 0 atom stereocenters. The van der Waals surface area contributed by atoms with Crippen LogP contribution < -0.4 is 5.32 Å². The van der Waals surface area contributed by atoms with E-state index in [-0.39, 0.29) is 0 Å². The average molecular weight is 219 g/mol. The molecule has 0 unspecified atom stereocenters. The quantitative estimate of drug-likeness (QED) is 0.800. The van der Waals surface area contributed by atoms with E-state index in [1.807, 2.05) is 17.1 Å². The molecule has 2 rings (SSSR count). The Balaban J connectivity index is 1.81. The largest absolute Gasteiger partial charge is 0.348 e. The highest BCUT2D eigenvalue weighted by molar-refractivity contribution is 5.04. The second-order valence-corrected chi connectivity index (χ2v) is 4.06. The molecule has 0 aliphatic carbocycles. The summed E-state index contributed by atoms with van der Waals surface area (Å²) in [6.07, 6.45) is 7.55. The van der Waals surface area contributed by atoms with E-state index in [2.05, 4.69) is 40.4 Å². The van der Waals surface area contributed by atoms with Crippen molar-refractivity contribution in [2.75, 3.05) is 0 Å². The summed E-state index contributed by atoms with van der Waals surface area (Å²) in [4.78, 5) is 7.19. The number of aromatic nitrogens is 4. The van der Waals surface area contributed by atoms with Crippen molar-refractivity contribution in [3.8, 4) is 0 Å². The Morgan fingerprint density at radius 3 is 2.94 bits per heavy atom. The number of imidazole rings is 1. The molecule has 0 saturated heterocycles. The molecule has 0 aromatic carbocycles. The number of H-pyrrole nitrogens is 1. The molecule has 2 aromatic rings. The smallest absolute Gasteiger partial charge is 0.120 e. The van der Waals surface area contributed by atoms with Gasteiger partial charge in [0.25, 0.3) is 0 Å². The summed E-state index contributed by atoms with van der Waals surface area (Å²) in [5.74, 6) is 0.955. The van der Waals surface area contributed by atoms with Crippen LogP contribution in [0.5, 0.6) is 0 Å². The lowest BCUT2D eigenvalue weighted by Crippen LogP contribution is -2.13. The van der Waals surface area contributed by atoms with Crippen LogP contribution in [0.15, 0.2) is 24.8 Å². The zero-order valence-electron chi connectivity index (χ0n) is 9.64. The van der Waals surface area contributed by atoms with E-state index in [4.69, 9.17) is 0 Å². The van der Waals surface area contributed by atoms with Gasteiger partial charge in [-0.3, -0.25) is 4.68 Å². The van der Waals surface area contributed by atoms with Crippen LogP contribution in [0, 0.1) is 0 Å². The van der Waals surface area contributed by atoms with Gasteiger partial charge in [0, 0.05) is 36.7 Å². The molecule has 0 amide bonds. The summed E-state index contributed by atoms with van der Waals surface area (Å²) >= 11 is 0. The third-order valence-electron chi connectivity index (χ3n) is 2.36. The molecular weight excluding hydrogens is 202 g/mol. The van der Waals surface area contributed by atoms with Crippen LogP contribution in [0.3, 0.4) is 0 Å². The first-order chi connectivity index (χ1) is 7.75. The molecule has 0 radical (unpaired) electrons. The van der Waals surface area contributed by atoms with Crippen LogP contribution in [0.4, 0.5) is 0 Å². The van der Waals surface area contributed by atoms with E-state index in [9.17, 15) is 0 Å². The minimum Gasteiger partial charge on any atom is -0.348 e. The maximum Gasteiger partial charge on any atom is 0.120 e. The van der Waals surface area contributed by atoms with Crippen LogP contribution in [0.25, 0.3) is 0 Å². The molecule has 0 aliphatic rings. The summed E-state index contributed by atoms with van der Waals surface area (Å²) in [6, 6.07) is 0.416. The third kappa shape index (κ3) is 2.70. The molecule has 0 fully saturated rings. The van der Waals surface area contributed by atoms with Gasteiger partial charge in [0.1, 0.15) is 5.82 Å². The molecule has 5 heteroatoms. The first kappa shape index (κ1) is 10.9.